The number of fused-ring (bicyclic) bond motifs is 2. The first kappa shape index (κ1) is 21.6. The molecule has 162 valence electrons. The second-order valence-electron chi connectivity index (χ2n) is 7.89. The molecule has 1 aliphatic rings. The Balaban J connectivity index is 1.54. The topological polar surface area (TPSA) is 73.2 Å². The number of thioether (sulfide) groups is 1. The first-order valence-electron chi connectivity index (χ1n) is 10.6. The summed E-state index contributed by atoms with van der Waals surface area (Å²) in [4.78, 5) is 30.6. The number of benzene rings is 2. The van der Waals surface area contributed by atoms with Crippen LogP contribution in [0.1, 0.15) is 43.0 Å². The molecule has 0 fully saturated rings. The molecule has 0 radical (unpaired) electrons. The fourth-order valence-electron chi connectivity index (χ4n) is 4.20. The van der Waals surface area contributed by atoms with Gasteiger partial charge >= 0.3 is 0 Å². The molecule has 0 unspecified atom stereocenters. The van der Waals surface area contributed by atoms with E-state index in [1.54, 1.807) is 17.7 Å². The molecule has 0 bridgehead atoms. The van der Waals surface area contributed by atoms with Crippen LogP contribution in [0, 0.1) is 0 Å². The Bertz CT molecular complexity index is 1140. The monoisotopic (exact) mass is 437 g/mol. The van der Waals surface area contributed by atoms with E-state index in [1.807, 2.05) is 37.3 Å². The maximum absolute atomic E-state index is 13.1. The van der Waals surface area contributed by atoms with E-state index < -0.39 is 0 Å². The van der Waals surface area contributed by atoms with Gasteiger partial charge in [-0.25, -0.2) is 4.98 Å². The number of methoxy groups -OCH3 is 1. The van der Waals surface area contributed by atoms with Crippen LogP contribution in [0.15, 0.2) is 58.5 Å². The van der Waals surface area contributed by atoms with Crippen molar-refractivity contribution in [2.75, 3.05) is 19.5 Å². The van der Waals surface area contributed by atoms with Crippen LogP contribution in [-0.4, -0.2) is 34.9 Å². The van der Waals surface area contributed by atoms with Gasteiger partial charge in [-0.05, 0) is 49.4 Å². The fraction of sp³-hybridized carbons (Fsp3) is 0.375. The summed E-state index contributed by atoms with van der Waals surface area (Å²) < 4.78 is 6.90. The zero-order valence-corrected chi connectivity index (χ0v) is 18.7. The van der Waals surface area contributed by atoms with Gasteiger partial charge in [-0.15, -0.1) is 0 Å². The van der Waals surface area contributed by atoms with E-state index in [0.717, 1.165) is 19.3 Å². The molecule has 7 heteroatoms. The minimum atomic E-state index is -0.189. The molecule has 1 aliphatic carbocycles. The Hall–Kier alpha value is -2.64. The zero-order valence-electron chi connectivity index (χ0n) is 17.8. The summed E-state index contributed by atoms with van der Waals surface area (Å²) in [6.07, 6.45) is 3.06. The first-order chi connectivity index (χ1) is 15.1. The third-order valence-corrected chi connectivity index (χ3v) is 6.61. The van der Waals surface area contributed by atoms with E-state index in [-0.39, 0.29) is 29.3 Å². The second-order valence-corrected chi connectivity index (χ2v) is 8.83. The maximum Gasteiger partial charge on any atom is 0.262 e. The number of hydrogen-bond acceptors (Lipinski definition) is 5. The van der Waals surface area contributed by atoms with Crippen LogP contribution in [0.3, 0.4) is 0 Å². The number of ether oxygens (including phenoxy) is 1. The lowest BCUT2D eigenvalue weighted by atomic mass is 9.88. The second kappa shape index (κ2) is 9.66. The minimum Gasteiger partial charge on any atom is -0.383 e. The number of carbonyl (C=O) groups is 1. The standard InChI is InChI=1S/C24H27N3O3S/c1-16(14-30-2)27-23(29)19-11-5-6-12-21(19)26-24(27)31-15-22(28)25-20-13-7-9-17-8-3-4-10-18(17)20/h3-6,8,10-12,16,20H,7,9,13-15H2,1-2H3,(H,25,28)/t16-,20+/m1/s1. The Morgan fingerprint density at radius 2 is 2.03 bits per heavy atom. The predicted octanol–water partition coefficient (Wildman–Crippen LogP) is 3.89. The summed E-state index contributed by atoms with van der Waals surface area (Å²) >= 11 is 1.29. The SMILES string of the molecule is COC[C@@H](C)n1c(SCC(=O)N[C@H]2CCCc3ccccc32)nc2ccccc2c1=O. The van der Waals surface area contributed by atoms with Crippen molar-refractivity contribution in [2.45, 2.75) is 43.4 Å². The van der Waals surface area contributed by atoms with Crippen molar-refractivity contribution in [3.05, 3.63) is 70.0 Å². The number of nitrogens with one attached hydrogen (secondary N) is 1. The van der Waals surface area contributed by atoms with Gasteiger partial charge in [0.2, 0.25) is 5.91 Å². The Kier molecular flexibility index (Phi) is 6.73. The van der Waals surface area contributed by atoms with E-state index in [2.05, 4.69) is 22.4 Å². The predicted molar refractivity (Wildman–Crippen MR) is 124 cm³/mol. The summed E-state index contributed by atoms with van der Waals surface area (Å²) in [7, 11) is 1.61. The Morgan fingerprint density at radius 1 is 1.26 bits per heavy atom. The highest BCUT2D eigenvalue weighted by Gasteiger charge is 2.22. The average molecular weight is 438 g/mol. The van der Waals surface area contributed by atoms with Crippen LogP contribution in [0.25, 0.3) is 10.9 Å². The zero-order chi connectivity index (χ0) is 21.8. The van der Waals surface area contributed by atoms with Gasteiger partial charge in [0.1, 0.15) is 0 Å². The van der Waals surface area contributed by atoms with Crippen molar-refractivity contribution in [1.29, 1.82) is 0 Å². The van der Waals surface area contributed by atoms with E-state index in [9.17, 15) is 9.59 Å². The lowest BCUT2D eigenvalue weighted by Crippen LogP contribution is -2.33. The van der Waals surface area contributed by atoms with Gasteiger partial charge in [-0.2, -0.15) is 0 Å². The molecule has 3 aromatic rings. The highest BCUT2D eigenvalue weighted by Crippen LogP contribution is 2.29. The average Bonchev–Trinajstić information content (AvgIpc) is 2.78. The van der Waals surface area contributed by atoms with Gasteiger partial charge in [0, 0.05) is 7.11 Å². The summed E-state index contributed by atoms with van der Waals surface area (Å²) in [5.41, 5.74) is 3.04. The molecule has 6 nitrogen and oxygen atoms in total. The Morgan fingerprint density at radius 3 is 2.87 bits per heavy atom. The van der Waals surface area contributed by atoms with E-state index in [4.69, 9.17) is 4.74 Å². The van der Waals surface area contributed by atoms with Gasteiger partial charge in [0.25, 0.3) is 5.56 Å². The van der Waals surface area contributed by atoms with Crippen molar-refractivity contribution in [3.63, 3.8) is 0 Å². The molecular formula is C24H27N3O3S. The van der Waals surface area contributed by atoms with Crippen LogP contribution in [0.2, 0.25) is 0 Å². The largest absolute Gasteiger partial charge is 0.383 e. The number of hydrogen-bond donors (Lipinski definition) is 1. The summed E-state index contributed by atoms with van der Waals surface area (Å²) in [5.74, 6) is 0.142. The molecule has 1 amide bonds. The molecule has 0 aliphatic heterocycles. The van der Waals surface area contributed by atoms with E-state index in [1.165, 1.54) is 22.9 Å². The third kappa shape index (κ3) is 4.67. The lowest BCUT2D eigenvalue weighted by Gasteiger charge is -2.26. The summed E-state index contributed by atoms with van der Waals surface area (Å²) in [5, 5.41) is 4.27. The Labute approximate surface area is 186 Å². The highest BCUT2D eigenvalue weighted by atomic mass is 32.2. The molecule has 31 heavy (non-hydrogen) atoms. The molecule has 1 aromatic heterocycles. The molecule has 0 saturated carbocycles. The number of nitrogens with zero attached hydrogens (tertiary/aromatic N) is 2. The van der Waals surface area contributed by atoms with Crippen molar-refractivity contribution in [1.82, 2.24) is 14.9 Å². The highest BCUT2D eigenvalue weighted by molar-refractivity contribution is 7.99. The lowest BCUT2D eigenvalue weighted by molar-refractivity contribution is -0.119. The van der Waals surface area contributed by atoms with Crippen LogP contribution >= 0.6 is 11.8 Å². The molecule has 2 aromatic carbocycles. The van der Waals surface area contributed by atoms with Gasteiger partial charge in [-0.3, -0.25) is 14.2 Å². The number of aryl methyl sites for hydroxylation is 1. The number of aromatic nitrogens is 2. The summed E-state index contributed by atoms with van der Waals surface area (Å²) in [6.45, 7) is 2.31. The van der Waals surface area contributed by atoms with E-state index in [0.29, 0.717) is 22.7 Å². The smallest absolute Gasteiger partial charge is 0.262 e. The van der Waals surface area contributed by atoms with Gasteiger partial charge < -0.3 is 10.1 Å². The minimum absolute atomic E-state index is 0.0391. The van der Waals surface area contributed by atoms with Gasteiger partial charge in [0.05, 0.1) is 35.3 Å². The molecule has 0 saturated heterocycles. The van der Waals surface area contributed by atoms with Crippen molar-refractivity contribution in [3.8, 4) is 0 Å². The van der Waals surface area contributed by atoms with Crippen LogP contribution < -0.4 is 10.9 Å². The molecule has 0 spiro atoms. The molecule has 1 N–H and O–H groups in total. The quantitative estimate of drug-likeness (QED) is 0.448. The van der Waals surface area contributed by atoms with Gasteiger partial charge in [0.15, 0.2) is 5.16 Å². The van der Waals surface area contributed by atoms with Gasteiger partial charge in [-0.1, -0.05) is 48.2 Å². The molecular weight excluding hydrogens is 410 g/mol. The third-order valence-electron chi connectivity index (χ3n) is 5.66. The fourth-order valence-corrected chi connectivity index (χ4v) is 5.11. The number of carbonyl (C=O) groups excluding carboxylic acids is 1. The van der Waals surface area contributed by atoms with Crippen molar-refractivity contribution in [2.24, 2.45) is 0 Å². The van der Waals surface area contributed by atoms with Crippen LogP contribution in [0.4, 0.5) is 0 Å². The molecule has 1 heterocycles. The van der Waals surface area contributed by atoms with Crippen molar-refractivity contribution < 1.29 is 9.53 Å². The van der Waals surface area contributed by atoms with E-state index >= 15 is 0 Å². The number of para-hydroxylation sites is 1. The van der Waals surface area contributed by atoms with Crippen LogP contribution in [0.5, 0.6) is 0 Å². The molecule has 2 atom stereocenters. The maximum atomic E-state index is 13.1. The molecule has 4 rings (SSSR count). The van der Waals surface area contributed by atoms with Crippen molar-refractivity contribution >= 4 is 28.6 Å². The number of amides is 1. The summed E-state index contributed by atoms with van der Waals surface area (Å²) in [6, 6.07) is 15.4. The van der Waals surface area contributed by atoms with Crippen LogP contribution in [-0.2, 0) is 16.0 Å². The normalized spacial score (nSPS) is 16.6. The number of rotatable bonds is 7. The first-order valence-corrected chi connectivity index (χ1v) is 11.6.